The van der Waals surface area contributed by atoms with Crippen LogP contribution in [0.2, 0.25) is 0 Å². The molecule has 0 amide bonds. The number of aliphatic hydroxyl groups is 1. The molecule has 0 radical (unpaired) electrons. The first-order valence-corrected chi connectivity index (χ1v) is 6.65. The summed E-state index contributed by atoms with van der Waals surface area (Å²) in [6.45, 7) is 8.77. The summed E-state index contributed by atoms with van der Waals surface area (Å²) in [7, 11) is 0. The second-order valence-corrected chi connectivity index (χ2v) is 5.80. The second-order valence-electron chi connectivity index (χ2n) is 4.53. The average molecular weight is 242 g/mol. The first kappa shape index (κ1) is 13.6. The molecule has 1 heterocycles. The molecule has 0 bridgehead atoms. The number of rotatable bonds is 6. The van der Waals surface area contributed by atoms with Crippen molar-refractivity contribution in [3.05, 3.63) is 16.1 Å². The lowest BCUT2D eigenvalue weighted by molar-refractivity contribution is 0.237. The van der Waals surface area contributed by atoms with Gasteiger partial charge in [-0.2, -0.15) is 0 Å². The zero-order chi connectivity index (χ0) is 12.1. The fraction of sp³-hybridized carbons (Fsp3) is 0.750. The smallest absolute Gasteiger partial charge is 0.0897 e. The highest BCUT2D eigenvalue weighted by Crippen LogP contribution is 2.21. The lowest BCUT2D eigenvalue weighted by Crippen LogP contribution is -2.36. The van der Waals surface area contributed by atoms with Crippen molar-refractivity contribution < 1.29 is 5.11 Å². The van der Waals surface area contributed by atoms with Crippen LogP contribution in [-0.2, 0) is 0 Å². The highest BCUT2D eigenvalue weighted by atomic mass is 32.1. The van der Waals surface area contributed by atoms with Crippen LogP contribution in [0, 0.1) is 12.8 Å². The number of hydrogen-bond donors (Lipinski definition) is 2. The number of aliphatic hydroxyl groups excluding tert-OH is 1. The van der Waals surface area contributed by atoms with Gasteiger partial charge in [-0.3, -0.25) is 0 Å². The van der Waals surface area contributed by atoms with E-state index in [4.69, 9.17) is 5.11 Å². The molecule has 1 rings (SSSR count). The highest BCUT2D eigenvalue weighted by Gasteiger charge is 2.17. The van der Waals surface area contributed by atoms with Crippen molar-refractivity contribution in [2.75, 3.05) is 6.61 Å². The molecule has 92 valence electrons. The number of thiazole rings is 1. The van der Waals surface area contributed by atoms with E-state index in [0.717, 1.165) is 11.4 Å². The summed E-state index contributed by atoms with van der Waals surface area (Å²) in [4.78, 5) is 5.53. The molecule has 0 spiro atoms. The Morgan fingerprint density at radius 3 is 2.56 bits per heavy atom. The molecule has 16 heavy (non-hydrogen) atoms. The van der Waals surface area contributed by atoms with E-state index in [0.29, 0.717) is 18.0 Å². The van der Waals surface area contributed by atoms with Gasteiger partial charge in [-0.25, -0.2) is 4.98 Å². The van der Waals surface area contributed by atoms with Gasteiger partial charge in [0.15, 0.2) is 0 Å². The monoisotopic (exact) mass is 242 g/mol. The molecule has 0 saturated carbocycles. The van der Waals surface area contributed by atoms with E-state index in [2.05, 4.69) is 31.1 Å². The molecule has 1 aromatic heterocycles. The van der Waals surface area contributed by atoms with Gasteiger partial charge in [0, 0.05) is 29.8 Å². The van der Waals surface area contributed by atoms with Crippen LogP contribution in [-0.4, -0.2) is 22.7 Å². The Hall–Kier alpha value is -0.450. The summed E-state index contributed by atoms with van der Waals surface area (Å²) in [6.07, 6.45) is 2.74. The topological polar surface area (TPSA) is 45.2 Å². The normalized spacial score (nSPS) is 15.4. The third-order valence-corrected chi connectivity index (χ3v) is 3.87. The van der Waals surface area contributed by atoms with Gasteiger partial charge in [-0.15, -0.1) is 11.3 Å². The van der Waals surface area contributed by atoms with Gasteiger partial charge in [0.25, 0.3) is 0 Å². The molecular weight excluding hydrogens is 220 g/mol. The summed E-state index contributed by atoms with van der Waals surface area (Å²) in [5.41, 5.74) is 0. The first-order valence-electron chi connectivity index (χ1n) is 5.83. The number of hydrogen-bond acceptors (Lipinski definition) is 4. The van der Waals surface area contributed by atoms with Gasteiger partial charge in [0.05, 0.1) is 5.01 Å². The van der Waals surface area contributed by atoms with Crippen LogP contribution in [0.15, 0.2) is 6.20 Å². The molecular formula is C12H22N2OS. The van der Waals surface area contributed by atoms with E-state index in [1.807, 2.05) is 13.1 Å². The van der Waals surface area contributed by atoms with Crippen molar-refractivity contribution in [2.45, 2.75) is 46.2 Å². The Morgan fingerprint density at radius 2 is 2.12 bits per heavy atom. The Balaban J connectivity index is 2.57. The molecule has 0 aliphatic heterocycles. The van der Waals surface area contributed by atoms with Crippen LogP contribution in [0.5, 0.6) is 0 Å². The zero-order valence-corrected chi connectivity index (χ0v) is 11.3. The molecule has 4 heteroatoms. The second kappa shape index (κ2) is 6.33. The Morgan fingerprint density at radius 1 is 1.44 bits per heavy atom. The van der Waals surface area contributed by atoms with Crippen LogP contribution < -0.4 is 5.32 Å². The lowest BCUT2D eigenvalue weighted by atomic mass is 10.0. The van der Waals surface area contributed by atoms with Crippen molar-refractivity contribution in [2.24, 2.45) is 5.92 Å². The van der Waals surface area contributed by atoms with Gasteiger partial charge in [-0.05, 0) is 26.2 Å². The van der Waals surface area contributed by atoms with E-state index < -0.39 is 0 Å². The quantitative estimate of drug-likeness (QED) is 0.805. The van der Waals surface area contributed by atoms with Crippen LogP contribution in [0.4, 0.5) is 0 Å². The minimum absolute atomic E-state index is 0.240. The molecule has 0 saturated heterocycles. The summed E-state index contributed by atoms with van der Waals surface area (Å²) in [6, 6.07) is 0.674. The predicted molar refractivity (Wildman–Crippen MR) is 68.7 cm³/mol. The number of nitrogens with zero attached hydrogens (tertiary/aromatic N) is 1. The van der Waals surface area contributed by atoms with E-state index in [1.54, 1.807) is 11.3 Å². The summed E-state index contributed by atoms with van der Waals surface area (Å²) in [5, 5.41) is 13.7. The van der Waals surface area contributed by atoms with Crippen molar-refractivity contribution in [3.63, 3.8) is 0 Å². The lowest BCUT2D eigenvalue weighted by Gasteiger charge is -2.25. The van der Waals surface area contributed by atoms with Crippen LogP contribution >= 0.6 is 11.3 Å². The highest BCUT2D eigenvalue weighted by molar-refractivity contribution is 7.11. The summed E-state index contributed by atoms with van der Waals surface area (Å²) in [5.74, 6) is 0.531. The number of aromatic nitrogens is 1. The summed E-state index contributed by atoms with van der Waals surface area (Å²) < 4.78 is 0. The molecule has 0 aromatic carbocycles. The molecule has 1 aromatic rings. The predicted octanol–water partition coefficient (Wildman–Crippen LogP) is 2.51. The van der Waals surface area contributed by atoms with E-state index in [9.17, 15) is 0 Å². The molecule has 0 aliphatic rings. The third kappa shape index (κ3) is 3.85. The molecule has 2 N–H and O–H groups in total. The Kier molecular flexibility index (Phi) is 5.38. The first-order chi connectivity index (χ1) is 7.54. The van der Waals surface area contributed by atoms with Gasteiger partial charge in [0.2, 0.25) is 0 Å². The third-order valence-electron chi connectivity index (χ3n) is 2.77. The fourth-order valence-corrected chi connectivity index (χ4v) is 2.53. The molecule has 2 atom stereocenters. The van der Waals surface area contributed by atoms with Crippen LogP contribution in [0.25, 0.3) is 0 Å². The molecule has 3 nitrogen and oxygen atoms in total. The molecule has 0 fully saturated rings. The zero-order valence-electron chi connectivity index (χ0n) is 10.5. The van der Waals surface area contributed by atoms with Gasteiger partial charge < -0.3 is 10.4 Å². The SMILES string of the molecule is Cc1ncc(C(C)NC(CCO)C(C)C)s1. The minimum Gasteiger partial charge on any atom is -0.396 e. The van der Waals surface area contributed by atoms with E-state index >= 15 is 0 Å². The number of aryl methyl sites for hydroxylation is 1. The largest absolute Gasteiger partial charge is 0.396 e. The van der Waals surface area contributed by atoms with Gasteiger partial charge in [0.1, 0.15) is 0 Å². The van der Waals surface area contributed by atoms with E-state index in [1.165, 1.54) is 4.88 Å². The van der Waals surface area contributed by atoms with Crippen LogP contribution in [0.1, 0.15) is 43.1 Å². The Bertz CT molecular complexity index is 312. The van der Waals surface area contributed by atoms with Crippen LogP contribution in [0.3, 0.4) is 0 Å². The molecule has 0 aliphatic carbocycles. The van der Waals surface area contributed by atoms with Crippen molar-refractivity contribution in [3.8, 4) is 0 Å². The van der Waals surface area contributed by atoms with Crippen molar-refractivity contribution in [1.29, 1.82) is 0 Å². The number of nitrogens with one attached hydrogen (secondary N) is 1. The van der Waals surface area contributed by atoms with Crippen molar-refractivity contribution in [1.82, 2.24) is 10.3 Å². The fourth-order valence-electron chi connectivity index (χ4n) is 1.73. The van der Waals surface area contributed by atoms with E-state index in [-0.39, 0.29) is 6.61 Å². The van der Waals surface area contributed by atoms with Gasteiger partial charge >= 0.3 is 0 Å². The standard InChI is InChI=1S/C12H22N2OS/c1-8(2)11(5-6-15)14-9(3)12-7-13-10(4)16-12/h7-9,11,14-15H,5-6H2,1-4H3. The average Bonchev–Trinajstić information content (AvgIpc) is 2.64. The summed E-state index contributed by atoms with van der Waals surface area (Å²) >= 11 is 1.73. The minimum atomic E-state index is 0.240. The van der Waals surface area contributed by atoms with Crippen molar-refractivity contribution >= 4 is 11.3 Å². The Labute approximate surface area is 102 Å². The maximum Gasteiger partial charge on any atom is 0.0897 e. The maximum absolute atomic E-state index is 9.02. The maximum atomic E-state index is 9.02. The van der Waals surface area contributed by atoms with Gasteiger partial charge in [-0.1, -0.05) is 13.8 Å². The molecule has 2 unspecified atom stereocenters.